The average molecular weight is 327 g/mol. The zero-order chi connectivity index (χ0) is 11.5. The van der Waals surface area contributed by atoms with Gasteiger partial charge in [0.2, 0.25) is 0 Å². The molecule has 1 N–H and O–H groups in total. The third-order valence-electron chi connectivity index (χ3n) is 2.54. The molecule has 16 heavy (non-hydrogen) atoms. The van der Waals surface area contributed by atoms with Gasteiger partial charge in [0.05, 0.1) is 6.04 Å². The summed E-state index contributed by atoms with van der Waals surface area (Å²) in [6.07, 6.45) is 0. The van der Waals surface area contributed by atoms with E-state index in [1.165, 1.54) is 9.13 Å². The second-order valence-electron chi connectivity index (χ2n) is 3.72. The van der Waals surface area contributed by atoms with Gasteiger partial charge in [0.15, 0.2) is 0 Å². The number of furan rings is 1. The number of hydrogen-bond donors (Lipinski definition) is 1. The Morgan fingerprint density at radius 1 is 1.12 bits per heavy atom. The van der Waals surface area contributed by atoms with Crippen LogP contribution >= 0.6 is 22.6 Å². The van der Waals surface area contributed by atoms with Crippen molar-refractivity contribution >= 4 is 22.6 Å². The zero-order valence-corrected chi connectivity index (χ0v) is 11.5. The van der Waals surface area contributed by atoms with Crippen LogP contribution in [0.15, 0.2) is 40.8 Å². The molecule has 84 valence electrons. The minimum atomic E-state index is 0.130. The molecule has 0 saturated heterocycles. The molecule has 0 aliphatic rings. The van der Waals surface area contributed by atoms with Crippen LogP contribution in [0.3, 0.4) is 0 Å². The van der Waals surface area contributed by atoms with Gasteiger partial charge in [0, 0.05) is 3.57 Å². The van der Waals surface area contributed by atoms with E-state index in [0.717, 1.165) is 11.5 Å². The minimum absolute atomic E-state index is 0.130. The minimum Gasteiger partial charge on any atom is -0.464 e. The fourth-order valence-corrected chi connectivity index (χ4v) is 2.10. The highest BCUT2D eigenvalue weighted by molar-refractivity contribution is 14.1. The summed E-state index contributed by atoms with van der Waals surface area (Å²) in [5.41, 5.74) is 1.22. The topological polar surface area (TPSA) is 25.2 Å². The van der Waals surface area contributed by atoms with Crippen molar-refractivity contribution in [2.24, 2.45) is 0 Å². The molecule has 0 spiro atoms. The summed E-state index contributed by atoms with van der Waals surface area (Å²) in [4.78, 5) is 0. The molecule has 0 radical (unpaired) electrons. The van der Waals surface area contributed by atoms with Crippen molar-refractivity contribution in [3.05, 3.63) is 57.1 Å². The van der Waals surface area contributed by atoms with E-state index in [0.29, 0.717) is 0 Å². The summed E-state index contributed by atoms with van der Waals surface area (Å²) in [5.74, 6) is 1.90. The van der Waals surface area contributed by atoms with Crippen LogP contribution in [0.4, 0.5) is 0 Å². The fourth-order valence-electron chi connectivity index (χ4n) is 1.74. The molecule has 2 aromatic rings. The molecular formula is C13H14INO. The molecule has 1 heterocycles. The Morgan fingerprint density at radius 3 is 2.31 bits per heavy atom. The van der Waals surface area contributed by atoms with Crippen LogP contribution < -0.4 is 5.32 Å². The smallest absolute Gasteiger partial charge is 0.125 e. The SMILES string of the molecule is CNC(c1ccc(I)cc1)c1ccc(C)o1. The maximum absolute atomic E-state index is 5.66. The van der Waals surface area contributed by atoms with Crippen LogP contribution in [0, 0.1) is 10.5 Å². The molecule has 1 atom stereocenters. The first-order chi connectivity index (χ1) is 7.70. The number of hydrogen-bond acceptors (Lipinski definition) is 2. The molecule has 1 aromatic heterocycles. The lowest BCUT2D eigenvalue weighted by atomic mass is 10.1. The number of halogens is 1. The first-order valence-electron chi connectivity index (χ1n) is 5.20. The monoisotopic (exact) mass is 327 g/mol. The molecule has 1 unspecified atom stereocenters. The van der Waals surface area contributed by atoms with Gasteiger partial charge in [-0.1, -0.05) is 12.1 Å². The summed E-state index contributed by atoms with van der Waals surface area (Å²) in [6, 6.07) is 12.6. The van der Waals surface area contributed by atoms with E-state index < -0.39 is 0 Å². The summed E-state index contributed by atoms with van der Waals surface area (Å²) in [5, 5.41) is 3.27. The van der Waals surface area contributed by atoms with Crippen molar-refractivity contribution in [2.75, 3.05) is 7.05 Å². The van der Waals surface area contributed by atoms with Gasteiger partial charge in [-0.05, 0) is 66.4 Å². The highest BCUT2D eigenvalue weighted by atomic mass is 127. The Kier molecular flexibility index (Phi) is 3.66. The first kappa shape index (κ1) is 11.7. The Balaban J connectivity index is 2.32. The molecular weight excluding hydrogens is 313 g/mol. The van der Waals surface area contributed by atoms with Gasteiger partial charge in [-0.15, -0.1) is 0 Å². The van der Waals surface area contributed by atoms with Crippen molar-refractivity contribution in [3.63, 3.8) is 0 Å². The van der Waals surface area contributed by atoms with E-state index >= 15 is 0 Å². The summed E-state index contributed by atoms with van der Waals surface area (Å²) < 4.78 is 6.90. The van der Waals surface area contributed by atoms with Gasteiger partial charge in [0.1, 0.15) is 11.5 Å². The summed E-state index contributed by atoms with van der Waals surface area (Å²) >= 11 is 2.31. The van der Waals surface area contributed by atoms with Crippen molar-refractivity contribution in [3.8, 4) is 0 Å². The second kappa shape index (κ2) is 5.01. The van der Waals surface area contributed by atoms with Crippen molar-refractivity contribution < 1.29 is 4.42 Å². The third kappa shape index (κ3) is 2.47. The van der Waals surface area contributed by atoms with Crippen LogP contribution in [0.25, 0.3) is 0 Å². The number of benzene rings is 1. The molecule has 0 aliphatic carbocycles. The Bertz CT molecular complexity index is 461. The van der Waals surface area contributed by atoms with Crippen LogP contribution in [-0.4, -0.2) is 7.05 Å². The van der Waals surface area contributed by atoms with Gasteiger partial charge >= 0.3 is 0 Å². The molecule has 3 heteroatoms. The lowest BCUT2D eigenvalue weighted by Crippen LogP contribution is -2.16. The predicted molar refractivity (Wildman–Crippen MR) is 73.5 cm³/mol. The van der Waals surface area contributed by atoms with Gasteiger partial charge in [-0.3, -0.25) is 0 Å². The van der Waals surface area contributed by atoms with Gasteiger partial charge in [0.25, 0.3) is 0 Å². The lowest BCUT2D eigenvalue weighted by Gasteiger charge is -2.14. The molecule has 0 saturated carbocycles. The molecule has 2 rings (SSSR count). The molecule has 0 bridgehead atoms. The standard InChI is InChI=1S/C13H14INO/c1-9-3-8-12(16-9)13(15-2)10-4-6-11(14)7-5-10/h3-8,13,15H,1-2H3. The van der Waals surface area contributed by atoms with E-state index in [1.807, 2.05) is 26.1 Å². The fraction of sp³-hybridized carbons (Fsp3) is 0.231. The summed E-state index contributed by atoms with van der Waals surface area (Å²) in [6.45, 7) is 1.96. The van der Waals surface area contributed by atoms with E-state index in [9.17, 15) is 0 Å². The van der Waals surface area contributed by atoms with Gasteiger partial charge in [-0.25, -0.2) is 0 Å². The van der Waals surface area contributed by atoms with Crippen molar-refractivity contribution in [2.45, 2.75) is 13.0 Å². The highest BCUT2D eigenvalue weighted by Crippen LogP contribution is 2.24. The summed E-state index contributed by atoms with van der Waals surface area (Å²) in [7, 11) is 1.94. The quantitative estimate of drug-likeness (QED) is 0.873. The van der Waals surface area contributed by atoms with Gasteiger partial charge in [-0.2, -0.15) is 0 Å². The van der Waals surface area contributed by atoms with Crippen molar-refractivity contribution in [1.29, 1.82) is 0 Å². The predicted octanol–water partition coefficient (Wildman–Crippen LogP) is 3.50. The third-order valence-corrected chi connectivity index (χ3v) is 3.26. The van der Waals surface area contributed by atoms with E-state index in [-0.39, 0.29) is 6.04 Å². The van der Waals surface area contributed by atoms with Crippen LogP contribution in [0.2, 0.25) is 0 Å². The molecule has 0 aliphatic heterocycles. The highest BCUT2D eigenvalue weighted by Gasteiger charge is 2.14. The number of rotatable bonds is 3. The van der Waals surface area contributed by atoms with E-state index in [1.54, 1.807) is 0 Å². The first-order valence-corrected chi connectivity index (χ1v) is 6.27. The Labute approximate surface area is 109 Å². The van der Waals surface area contributed by atoms with Gasteiger partial charge < -0.3 is 9.73 Å². The second-order valence-corrected chi connectivity index (χ2v) is 4.97. The average Bonchev–Trinajstić information content (AvgIpc) is 2.69. The molecule has 1 aromatic carbocycles. The van der Waals surface area contributed by atoms with Crippen LogP contribution in [0.1, 0.15) is 23.1 Å². The van der Waals surface area contributed by atoms with Crippen LogP contribution in [-0.2, 0) is 0 Å². The zero-order valence-electron chi connectivity index (χ0n) is 9.33. The van der Waals surface area contributed by atoms with E-state index in [2.05, 4.69) is 52.2 Å². The van der Waals surface area contributed by atoms with Crippen molar-refractivity contribution in [1.82, 2.24) is 5.32 Å². The molecule has 0 fully saturated rings. The Hall–Kier alpha value is -0.810. The maximum atomic E-state index is 5.66. The largest absolute Gasteiger partial charge is 0.464 e. The molecule has 2 nitrogen and oxygen atoms in total. The lowest BCUT2D eigenvalue weighted by molar-refractivity contribution is 0.444. The van der Waals surface area contributed by atoms with E-state index in [4.69, 9.17) is 4.42 Å². The number of nitrogens with one attached hydrogen (secondary N) is 1. The Morgan fingerprint density at radius 2 is 1.81 bits per heavy atom. The number of aryl methyl sites for hydroxylation is 1. The maximum Gasteiger partial charge on any atom is 0.125 e. The normalized spacial score (nSPS) is 12.7. The molecule has 0 amide bonds. The van der Waals surface area contributed by atoms with Crippen LogP contribution in [0.5, 0.6) is 0 Å².